The highest BCUT2D eigenvalue weighted by atomic mass is 16.5. The van der Waals surface area contributed by atoms with Crippen LogP contribution in [0.25, 0.3) is 0 Å². The minimum Gasteiger partial charge on any atom is -0.545 e. The molecule has 0 aromatic heterocycles. The van der Waals surface area contributed by atoms with Gasteiger partial charge in [-0.25, -0.2) is 0 Å². The number of rotatable bonds is 7. The van der Waals surface area contributed by atoms with Gasteiger partial charge in [0.25, 0.3) is 5.91 Å². The van der Waals surface area contributed by atoms with Gasteiger partial charge in [-0.1, -0.05) is 6.07 Å². The molecule has 2 aromatic rings. The molecule has 0 bridgehead atoms. The Bertz CT molecular complexity index is 832. The summed E-state index contributed by atoms with van der Waals surface area (Å²) in [7, 11) is 1.51. The maximum Gasteiger partial charge on any atom is 0.308 e. The number of carboxylic acids is 1. The second-order valence-electron chi connectivity index (χ2n) is 5.10. The summed E-state index contributed by atoms with van der Waals surface area (Å²) in [5.74, 6) is -1.67. The van der Waals surface area contributed by atoms with E-state index in [2.05, 4.69) is 5.32 Å². The molecule has 0 aliphatic heterocycles. The van der Waals surface area contributed by atoms with Crippen molar-refractivity contribution in [3.05, 3.63) is 48.0 Å². The molecule has 0 unspecified atom stereocenters. The molecular formula is C18H16NO7-. The Morgan fingerprint density at radius 2 is 1.77 bits per heavy atom. The first-order valence-electron chi connectivity index (χ1n) is 7.49. The number of hydrogen-bond donors (Lipinski definition) is 1. The quantitative estimate of drug-likeness (QED) is 0.580. The number of esters is 1. The summed E-state index contributed by atoms with van der Waals surface area (Å²) in [6, 6.07) is 10.4. The third-order valence-electron chi connectivity index (χ3n) is 3.16. The van der Waals surface area contributed by atoms with E-state index in [0.29, 0.717) is 11.5 Å². The molecule has 2 rings (SSSR count). The fourth-order valence-corrected chi connectivity index (χ4v) is 2.06. The number of carbonyl (C=O) groups is 3. The Morgan fingerprint density at radius 1 is 1.04 bits per heavy atom. The average Bonchev–Trinajstić information content (AvgIpc) is 2.60. The number of hydrogen-bond acceptors (Lipinski definition) is 7. The predicted molar refractivity (Wildman–Crippen MR) is 89.2 cm³/mol. The van der Waals surface area contributed by atoms with Crippen LogP contribution < -0.4 is 24.6 Å². The number of amides is 1. The maximum atomic E-state index is 12.0. The van der Waals surface area contributed by atoms with Crippen molar-refractivity contribution in [1.29, 1.82) is 0 Å². The number of benzene rings is 2. The van der Waals surface area contributed by atoms with Gasteiger partial charge in [-0.2, -0.15) is 0 Å². The van der Waals surface area contributed by atoms with Crippen molar-refractivity contribution < 1.29 is 33.7 Å². The van der Waals surface area contributed by atoms with E-state index in [1.54, 1.807) is 24.3 Å². The van der Waals surface area contributed by atoms with E-state index < -0.39 is 17.8 Å². The summed E-state index contributed by atoms with van der Waals surface area (Å²) in [5, 5.41) is 13.7. The number of methoxy groups -OCH3 is 1. The summed E-state index contributed by atoms with van der Waals surface area (Å²) < 4.78 is 15.2. The molecule has 0 fully saturated rings. The van der Waals surface area contributed by atoms with Crippen molar-refractivity contribution in [2.45, 2.75) is 6.92 Å². The molecule has 2 aromatic carbocycles. The predicted octanol–water partition coefficient (Wildman–Crippen LogP) is 1.00. The third kappa shape index (κ3) is 5.23. The minimum absolute atomic E-state index is 0.000134. The Kier molecular flexibility index (Phi) is 6.15. The first-order valence-corrected chi connectivity index (χ1v) is 7.49. The zero-order valence-corrected chi connectivity index (χ0v) is 14.1. The second kappa shape index (κ2) is 8.52. The molecule has 0 atom stereocenters. The number of aromatic carboxylic acids is 1. The first-order chi connectivity index (χ1) is 12.4. The number of ether oxygens (including phenoxy) is 3. The third-order valence-corrected chi connectivity index (χ3v) is 3.16. The lowest BCUT2D eigenvalue weighted by atomic mass is 10.1. The van der Waals surface area contributed by atoms with Crippen molar-refractivity contribution >= 4 is 23.5 Å². The molecule has 26 heavy (non-hydrogen) atoms. The van der Waals surface area contributed by atoms with Crippen LogP contribution in [0.5, 0.6) is 17.2 Å². The standard InChI is InChI=1S/C18H17NO7/c1-11(20)26-14-6-7-16(15(9-14)18(22)23)19-17(21)10-25-13-5-3-4-12(8-13)24-2/h3-9H,10H2,1-2H3,(H,19,21)(H,22,23)/p-1. The van der Waals surface area contributed by atoms with Crippen molar-refractivity contribution in [2.24, 2.45) is 0 Å². The van der Waals surface area contributed by atoms with Gasteiger partial charge in [0.15, 0.2) is 6.61 Å². The molecule has 136 valence electrons. The zero-order chi connectivity index (χ0) is 19.1. The van der Waals surface area contributed by atoms with E-state index in [4.69, 9.17) is 14.2 Å². The highest BCUT2D eigenvalue weighted by Gasteiger charge is 2.11. The summed E-state index contributed by atoms with van der Waals surface area (Å²) in [5.41, 5.74) is -0.321. The summed E-state index contributed by atoms with van der Waals surface area (Å²) in [6.45, 7) is 0.843. The number of carboxylic acid groups (broad SMARTS) is 1. The number of anilines is 1. The van der Waals surface area contributed by atoms with Gasteiger partial charge in [0.05, 0.1) is 18.8 Å². The van der Waals surface area contributed by atoms with Gasteiger partial charge in [0.1, 0.15) is 17.2 Å². The first kappa shape index (κ1) is 18.8. The fraction of sp³-hybridized carbons (Fsp3) is 0.167. The van der Waals surface area contributed by atoms with Crippen LogP contribution in [0.15, 0.2) is 42.5 Å². The number of carbonyl (C=O) groups excluding carboxylic acids is 3. The SMILES string of the molecule is COc1cccc(OCC(=O)Nc2ccc(OC(C)=O)cc2C(=O)[O-])c1. The van der Waals surface area contributed by atoms with E-state index in [1.807, 2.05) is 0 Å². The van der Waals surface area contributed by atoms with Crippen LogP contribution in [-0.2, 0) is 9.59 Å². The van der Waals surface area contributed by atoms with E-state index in [0.717, 1.165) is 6.07 Å². The van der Waals surface area contributed by atoms with Crippen LogP contribution in [0.1, 0.15) is 17.3 Å². The number of nitrogens with one attached hydrogen (secondary N) is 1. The Labute approximate surface area is 149 Å². The Balaban J connectivity index is 2.05. The van der Waals surface area contributed by atoms with Gasteiger partial charge in [0.2, 0.25) is 0 Å². The van der Waals surface area contributed by atoms with Crippen LogP contribution in [-0.4, -0.2) is 31.6 Å². The normalized spacial score (nSPS) is 9.92. The van der Waals surface area contributed by atoms with E-state index in [9.17, 15) is 19.5 Å². The topological polar surface area (TPSA) is 114 Å². The lowest BCUT2D eigenvalue weighted by Crippen LogP contribution is -2.26. The van der Waals surface area contributed by atoms with Gasteiger partial charge in [0, 0.05) is 18.6 Å². The lowest BCUT2D eigenvalue weighted by Gasteiger charge is -2.14. The van der Waals surface area contributed by atoms with Crippen molar-refractivity contribution in [3.8, 4) is 17.2 Å². The van der Waals surface area contributed by atoms with E-state index in [-0.39, 0.29) is 23.6 Å². The van der Waals surface area contributed by atoms with Crippen LogP contribution in [0.2, 0.25) is 0 Å². The van der Waals surface area contributed by atoms with Crippen LogP contribution in [0.3, 0.4) is 0 Å². The minimum atomic E-state index is -1.52. The van der Waals surface area contributed by atoms with E-state index in [1.165, 1.54) is 26.2 Å². The van der Waals surface area contributed by atoms with Crippen molar-refractivity contribution in [1.82, 2.24) is 0 Å². The molecule has 0 heterocycles. The molecule has 1 amide bonds. The molecule has 1 N–H and O–H groups in total. The molecule has 0 aliphatic carbocycles. The van der Waals surface area contributed by atoms with Crippen LogP contribution in [0.4, 0.5) is 5.69 Å². The lowest BCUT2D eigenvalue weighted by molar-refractivity contribution is -0.254. The molecule has 0 aliphatic rings. The molecule has 0 saturated heterocycles. The monoisotopic (exact) mass is 358 g/mol. The average molecular weight is 358 g/mol. The second-order valence-corrected chi connectivity index (χ2v) is 5.10. The van der Waals surface area contributed by atoms with Gasteiger partial charge in [-0.05, 0) is 30.3 Å². The van der Waals surface area contributed by atoms with Crippen LogP contribution >= 0.6 is 0 Å². The summed E-state index contributed by atoms with van der Waals surface area (Å²) in [4.78, 5) is 34.2. The van der Waals surface area contributed by atoms with Crippen LogP contribution in [0, 0.1) is 0 Å². The van der Waals surface area contributed by atoms with Crippen molar-refractivity contribution in [2.75, 3.05) is 19.0 Å². The van der Waals surface area contributed by atoms with Gasteiger partial charge >= 0.3 is 5.97 Å². The Morgan fingerprint density at radius 3 is 2.42 bits per heavy atom. The van der Waals surface area contributed by atoms with Gasteiger partial charge < -0.3 is 29.4 Å². The molecule has 8 heteroatoms. The summed E-state index contributed by atoms with van der Waals surface area (Å²) in [6.07, 6.45) is 0. The fourth-order valence-electron chi connectivity index (χ4n) is 2.06. The molecule has 0 radical (unpaired) electrons. The molecular weight excluding hydrogens is 342 g/mol. The van der Waals surface area contributed by atoms with Crippen molar-refractivity contribution in [3.63, 3.8) is 0 Å². The smallest absolute Gasteiger partial charge is 0.308 e. The molecule has 0 spiro atoms. The maximum absolute atomic E-state index is 12.0. The zero-order valence-electron chi connectivity index (χ0n) is 14.1. The largest absolute Gasteiger partial charge is 0.545 e. The van der Waals surface area contributed by atoms with E-state index >= 15 is 0 Å². The summed E-state index contributed by atoms with van der Waals surface area (Å²) >= 11 is 0. The molecule has 0 saturated carbocycles. The van der Waals surface area contributed by atoms with Gasteiger partial charge in [-0.15, -0.1) is 0 Å². The Hall–Kier alpha value is -3.55. The molecule has 8 nitrogen and oxygen atoms in total. The van der Waals surface area contributed by atoms with Gasteiger partial charge in [-0.3, -0.25) is 9.59 Å². The highest BCUT2D eigenvalue weighted by molar-refractivity contribution is 6.00. The highest BCUT2D eigenvalue weighted by Crippen LogP contribution is 2.22.